The molecule has 2 aromatic heterocycles. The Hall–Kier alpha value is -1.43. The van der Waals surface area contributed by atoms with E-state index in [0.29, 0.717) is 11.0 Å². The minimum absolute atomic E-state index is 0.125. The molecule has 0 bridgehead atoms. The van der Waals surface area contributed by atoms with Gasteiger partial charge in [-0.2, -0.15) is 4.52 Å². The molecule has 6 heteroatoms. The molecule has 1 aliphatic rings. The number of nitrogens with zero attached hydrogens (tertiary/aromatic N) is 3. The van der Waals surface area contributed by atoms with Crippen LogP contribution < -0.4 is 10.9 Å². The van der Waals surface area contributed by atoms with Crippen molar-refractivity contribution >= 4 is 21.4 Å². The quantitative estimate of drug-likeness (QED) is 0.898. The van der Waals surface area contributed by atoms with Crippen molar-refractivity contribution in [1.82, 2.24) is 14.6 Å². The number of anilines is 1. The van der Waals surface area contributed by atoms with E-state index in [1.807, 2.05) is 0 Å². The highest BCUT2D eigenvalue weighted by Crippen LogP contribution is 2.37. The van der Waals surface area contributed by atoms with Crippen LogP contribution in [-0.2, 0) is 0 Å². The van der Waals surface area contributed by atoms with Crippen LogP contribution in [0.25, 0.3) is 4.96 Å². The van der Waals surface area contributed by atoms with Gasteiger partial charge in [-0.3, -0.25) is 4.79 Å². The number of hydrogen-bond donors (Lipinski definition) is 1. The predicted molar refractivity (Wildman–Crippen MR) is 67.6 cm³/mol. The predicted octanol–water partition coefficient (Wildman–Crippen LogP) is 1.75. The van der Waals surface area contributed by atoms with Crippen molar-refractivity contribution in [2.45, 2.75) is 32.2 Å². The van der Waals surface area contributed by atoms with E-state index in [9.17, 15) is 4.79 Å². The maximum atomic E-state index is 11.5. The molecule has 2 unspecified atom stereocenters. The molecule has 0 saturated heterocycles. The standard InChI is InChI=1S/C11H14N4OS/c1-2-3-7-6-8(7)13-10-14-15-9(16)4-5-12-11(15)17-10/h4-5,7-8H,2-3,6H2,1H3,(H,13,14). The average molecular weight is 250 g/mol. The lowest BCUT2D eigenvalue weighted by Crippen LogP contribution is -2.13. The van der Waals surface area contributed by atoms with E-state index in [4.69, 9.17) is 0 Å². The SMILES string of the molecule is CCCC1CC1Nc1nn2c(=O)ccnc2s1. The van der Waals surface area contributed by atoms with Crippen LogP contribution >= 0.6 is 11.3 Å². The lowest BCUT2D eigenvalue weighted by Gasteiger charge is -1.98. The molecule has 5 nitrogen and oxygen atoms in total. The van der Waals surface area contributed by atoms with Crippen molar-refractivity contribution < 1.29 is 0 Å². The van der Waals surface area contributed by atoms with Gasteiger partial charge in [0.2, 0.25) is 10.1 Å². The first-order valence-corrected chi connectivity index (χ1v) is 6.71. The van der Waals surface area contributed by atoms with Crippen LogP contribution in [0, 0.1) is 5.92 Å². The van der Waals surface area contributed by atoms with Gasteiger partial charge in [0, 0.05) is 18.3 Å². The third-order valence-corrected chi connectivity index (χ3v) is 3.92. The largest absolute Gasteiger partial charge is 0.357 e. The Bertz CT molecular complexity index is 590. The van der Waals surface area contributed by atoms with Gasteiger partial charge in [0.1, 0.15) is 0 Å². The molecule has 17 heavy (non-hydrogen) atoms. The van der Waals surface area contributed by atoms with E-state index in [-0.39, 0.29) is 5.56 Å². The molecule has 0 amide bonds. The van der Waals surface area contributed by atoms with Crippen LogP contribution in [0.2, 0.25) is 0 Å². The van der Waals surface area contributed by atoms with E-state index < -0.39 is 0 Å². The summed E-state index contributed by atoms with van der Waals surface area (Å²) in [5.41, 5.74) is -0.125. The van der Waals surface area contributed by atoms with Gasteiger partial charge in [-0.05, 0) is 18.8 Å². The van der Waals surface area contributed by atoms with E-state index in [2.05, 4.69) is 22.3 Å². The summed E-state index contributed by atoms with van der Waals surface area (Å²) in [6.45, 7) is 2.20. The zero-order chi connectivity index (χ0) is 11.8. The molecule has 2 heterocycles. The average Bonchev–Trinajstić information content (AvgIpc) is 2.88. The Morgan fingerprint density at radius 1 is 1.65 bits per heavy atom. The fourth-order valence-corrected chi connectivity index (χ4v) is 2.91. The van der Waals surface area contributed by atoms with Gasteiger partial charge in [-0.25, -0.2) is 4.98 Å². The first-order chi connectivity index (χ1) is 8.28. The highest BCUT2D eigenvalue weighted by Gasteiger charge is 2.36. The topological polar surface area (TPSA) is 59.3 Å². The molecule has 0 spiro atoms. The molecule has 3 rings (SSSR count). The number of hydrogen-bond acceptors (Lipinski definition) is 5. The third kappa shape index (κ3) is 2.04. The monoisotopic (exact) mass is 250 g/mol. The molecule has 2 aromatic rings. The second kappa shape index (κ2) is 4.10. The maximum Gasteiger partial charge on any atom is 0.275 e. The molecule has 2 atom stereocenters. The lowest BCUT2D eigenvalue weighted by atomic mass is 10.2. The second-order valence-corrected chi connectivity index (χ2v) is 5.38. The van der Waals surface area contributed by atoms with Crippen molar-refractivity contribution in [3.05, 3.63) is 22.6 Å². The third-order valence-electron chi connectivity index (χ3n) is 3.06. The summed E-state index contributed by atoms with van der Waals surface area (Å²) < 4.78 is 1.35. The molecule has 1 saturated carbocycles. The van der Waals surface area contributed by atoms with Gasteiger partial charge in [0.15, 0.2) is 0 Å². The number of nitrogens with one attached hydrogen (secondary N) is 1. The van der Waals surface area contributed by atoms with E-state index >= 15 is 0 Å². The Labute approximate surface area is 103 Å². The smallest absolute Gasteiger partial charge is 0.275 e. The summed E-state index contributed by atoms with van der Waals surface area (Å²) in [5.74, 6) is 0.775. The fraction of sp³-hybridized carbons (Fsp3) is 0.545. The molecule has 0 aromatic carbocycles. The first-order valence-electron chi connectivity index (χ1n) is 5.89. The highest BCUT2D eigenvalue weighted by molar-refractivity contribution is 7.20. The van der Waals surface area contributed by atoms with E-state index in [1.165, 1.54) is 47.4 Å². The number of rotatable bonds is 4. The Morgan fingerprint density at radius 3 is 3.29 bits per heavy atom. The van der Waals surface area contributed by atoms with Crippen LogP contribution in [0.1, 0.15) is 26.2 Å². The van der Waals surface area contributed by atoms with E-state index in [1.54, 1.807) is 0 Å². The van der Waals surface area contributed by atoms with Gasteiger partial charge in [0.25, 0.3) is 5.56 Å². The molecule has 1 fully saturated rings. The first kappa shape index (κ1) is 10.7. The van der Waals surface area contributed by atoms with Crippen LogP contribution in [0.5, 0.6) is 0 Å². The fourth-order valence-electron chi connectivity index (χ4n) is 2.07. The van der Waals surface area contributed by atoms with Crippen molar-refractivity contribution in [3.63, 3.8) is 0 Å². The minimum Gasteiger partial charge on any atom is -0.357 e. The summed E-state index contributed by atoms with van der Waals surface area (Å²) in [7, 11) is 0. The van der Waals surface area contributed by atoms with Crippen molar-refractivity contribution in [3.8, 4) is 0 Å². The summed E-state index contributed by atoms with van der Waals surface area (Å²) in [6, 6.07) is 1.96. The minimum atomic E-state index is -0.125. The highest BCUT2D eigenvalue weighted by atomic mass is 32.1. The summed E-state index contributed by atoms with van der Waals surface area (Å²) in [5, 5.41) is 8.41. The van der Waals surface area contributed by atoms with Gasteiger partial charge in [-0.1, -0.05) is 24.7 Å². The van der Waals surface area contributed by atoms with Gasteiger partial charge >= 0.3 is 0 Å². The normalized spacial score (nSPS) is 22.9. The summed E-state index contributed by atoms with van der Waals surface area (Å²) in [4.78, 5) is 16.3. The van der Waals surface area contributed by atoms with Crippen LogP contribution in [0.3, 0.4) is 0 Å². The van der Waals surface area contributed by atoms with Crippen LogP contribution in [0.4, 0.5) is 5.13 Å². The van der Waals surface area contributed by atoms with E-state index in [0.717, 1.165) is 11.0 Å². The second-order valence-electron chi connectivity index (χ2n) is 4.42. The van der Waals surface area contributed by atoms with Crippen molar-refractivity contribution in [2.24, 2.45) is 5.92 Å². The number of aromatic nitrogens is 3. The van der Waals surface area contributed by atoms with Crippen LogP contribution in [-0.4, -0.2) is 20.6 Å². The molecule has 1 N–H and O–H groups in total. The Balaban J connectivity index is 1.79. The van der Waals surface area contributed by atoms with Crippen LogP contribution in [0.15, 0.2) is 17.1 Å². The molecular formula is C11H14N4OS. The number of fused-ring (bicyclic) bond motifs is 1. The van der Waals surface area contributed by atoms with Gasteiger partial charge in [0.05, 0.1) is 0 Å². The lowest BCUT2D eigenvalue weighted by molar-refractivity contribution is 0.692. The molecule has 90 valence electrons. The molecule has 0 aliphatic heterocycles. The van der Waals surface area contributed by atoms with Crippen molar-refractivity contribution in [1.29, 1.82) is 0 Å². The zero-order valence-electron chi connectivity index (χ0n) is 9.59. The van der Waals surface area contributed by atoms with Gasteiger partial charge < -0.3 is 5.32 Å². The van der Waals surface area contributed by atoms with Crippen molar-refractivity contribution in [2.75, 3.05) is 5.32 Å². The summed E-state index contributed by atoms with van der Waals surface area (Å²) >= 11 is 1.43. The zero-order valence-corrected chi connectivity index (χ0v) is 10.4. The Morgan fingerprint density at radius 2 is 2.53 bits per heavy atom. The molecule has 1 aliphatic carbocycles. The summed E-state index contributed by atoms with van der Waals surface area (Å²) in [6.07, 6.45) is 5.23. The molecular weight excluding hydrogens is 236 g/mol. The maximum absolute atomic E-state index is 11.5. The van der Waals surface area contributed by atoms with Gasteiger partial charge in [-0.15, -0.1) is 5.10 Å². The molecule has 0 radical (unpaired) electrons. The Kier molecular flexibility index (Phi) is 2.58.